The zero-order chi connectivity index (χ0) is 13.4. The highest BCUT2D eigenvalue weighted by atomic mass is 35.5. The third-order valence-electron chi connectivity index (χ3n) is 2.50. The van der Waals surface area contributed by atoms with Gasteiger partial charge < -0.3 is 5.73 Å². The molecule has 18 heavy (non-hydrogen) atoms. The monoisotopic (exact) mass is 267 g/mol. The number of pyridine rings is 1. The lowest BCUT2D eigenvalue weighted by molar-refractivity contribution is -0.384. The number of nitrogens with two attached hydrogens (primary N) is 1. The molecule has 7 nitrogen and oxygen atoms in total. The van der Waals surface area contributed by atoms with Gasteiger partial charge in [-0.3, -0.25) is 10.1 Å². The minimum atomic E-state index is -0.583. The van der Waals surface area contributed by atoms with Crippen molar-refractivity contribution in [3.8, 4) is 5.82 Å². The fourth-order valence-electron chi connectivity index (χ4n) is 1.58. The molecule has 2 N–H and O–H groups in total. The summed E-state index contributed by atoms with van der Waals surface area (Å²) in [6, 6.07) is 2.77. The Hall–Kier alpha value is -2.15. The topological polar surface area (TPSA) is 99.9 Å². The zero-order valence-corrected chi connectivity index (χ0v) is 10.5. The van der Waals surface area contributed by atoms with E-state index in [1.165, 1.54) is 16.8 Å². The van der Waals surface area contributed by atoms with E-state index in [0.29, 0.717) is 22.2 Å². The van der Waals surface area contributed by atoms with Crippen molar-refractivity contribution in [1.29, 1.82) is 0 Å². The average molecular weight is 268 g/mol. The fraction of sp³-hybridized carbons (Fsp3) is 0.200. The molecule has 2 aromatic rings. The average Bonchev–Trinajstić information content (AvgIpc) is 2.56. The summed E-state index contributed by atoms with van der Waals surface area (Å²) in [5.74, 6) is 0.242. The Morgan fingerprint density at radius 1 is 1.44 bits per heavy atom. The summed E-state index contributed by atoms with van der Waals surface area (Å²) in [6.07, 6.45) is 0. The quantitative estimate of drug-likeness (QED) is 0.663. The van der Waals surface area contributed by atoms with Gasteiger partial charge in [-0.25, -0.2) is 9.67 Å². The third kappa shape index (κ3) is 1.88. The Balaban J connectivity index is 2.55. The Kier molecular flexibility index (Phi) is 2.92. The Labute approximate surface area is 107 Å². The minimum absolute atomic E-state index is 0.152. The van der Waals surface area contributed by atoms with Crippen LogP contribution in [-0.4, -0.2) is 19.7 Å². The Morgan fingerprint density at radius 3 is 2.56 bits per heavy atom. The first kappa shape index (κ1) is 12.3. The Morgan fingerprint density at radius 2 is 2.11 bits per heavy atom. The van der Waals surface area contributed by atoms with Gasteiger partial charge in [0.05, 0.1) is 21.3 Å². The first-order valence-corrected chi connectivity index (χ1v) is 5.42. The zero-order valence-electron chi connectivity index (χ0n) is 9.72. The van der Waals surface area contributed by atoms with Crippen LogP contribution in [0.25, 0.3) is 5.82 Å². The van der Waals surface area contributed by atoms with Crippen LogP contribution in [0, 0.1) is 24.0 Å². The molecule has 0 unspecified atom stereocenters. The van der Waals surface area contributed by atoms with E-state index in [9.17, 15) is 10.1 Å². The van der Waals surface area contributed by atoms with Crippen molar-refractivity contribution >= 4 is 23.1 Å². The number of aromatic nitrogens is 3. The SMILES string of the molecule is Cc1nn(-c2ccc([N+](=O)[O-])c(N)n2)c(C)c1Cl. The van der Waals surface area contributed by atoms with Crippen LogP contribution in [0.15, 0.2) is 12.1 Å². The van der Waals surface area contributed by atoms with Gasteiger partial charge in [0.25, 0.3) is 0 Å². The summed E-state index contributed by atoms with van der Waals surface area (Å²) < 4.78 is 1.50. The fourth-order valence-corrected chi connectivity index (χ4v) is 1.69. The number of hydrogen-bond donors (Lipinski definition) is 1. The van der Waals surface area contributed by atoms with Crippen LogP contribution in [0.2, 0.25) is 5.02 Å². The highest BCUT2D eigenvalue weighted by Crippen LogP contribution is 2.24. The van der Waals surface area contributed by atoms with E-state index in [1.54, 1.807) is 13.8 Å². The second-order valence-electron chi connectivity index (χ2n) is 3.73. The molecule has 2 heterocycles. The van der Waals surface area contributed by atoms with Crippen LogP contribution >= 0.6 is 11.6 Å². The van der Waals surface area contributed by atoms with Crippen molar-refractivity contribution in [3.63, 3.8) is 0 Å². The molecule has 0 spiro atoms. The van der Waals surface area contributed by atoms with E-state index < -0.39 is 4.92 Å². The standard InChI is InChI=1S/C10H10ClN5O2/c1-5-9(11)6(2)15(14-5)8-4-3-7(16(17)18)10(12)13-8/h3-4H,1-2H3,(H2,12,13). The number of aryl methyl sites for hydroxylation is 1. The number of halogens is 1. The molecule has 0 aliphatic carbocycles. The van der Waals surface area contributed by atoms with Gasteiger partial charge in [-0.05, 0) is 19.9 Å². The van der Waals surface area contributed by atoms with Crippen molar-refractivity contribution in [2.24, 2.45) is 0 Å². The maximum Gasteiger partial charge on any atom is 0.311 e. The van der Waals surface area contributed by atoms with Gasteiger partial charge in [0.2, 0.25) is 5.82 Å². The summed E-state index contributed by atoms with van der Waals surface area (Å²) >= 11 is 6.02. The summed E-state index contributed by atoms with van der Waals surface area (Å²) in [5, 5.41) is 15.4. The van der Waals surface area contributed by atoms with E-state index in [1.807, 2.05) is 0 Å². The van der Waals surface area contributed by atoms with Crippen LogP contribution in [-0.2, 0) is 0 Å². The molecular weight excluding hydrogens is 258 g/mol. The van der Waals surface area contributed by atoms with Gasteiger partial charge >= 0.3 is 5.69 Å². The number of nitrogen functional groups attached to an aromatic ring is 1. The molecule has 0 fully saturated rings. The van der Waals surface area contributed by atoms with Gasteiger partial charge in [-0.15, -0.1) is 0 Å². The minimum Gasteiger partial charge on any atom is -0.378 e. The van der Waals surface area contributed by atoms with Crippen molar-refractivity contribution in [3.05, 3.63) is 38.7 Å². The molecule has 2 rings (SSSR count). The van der Waals surface area contributed by atoms with E-state index >= 15 is 0 Å². The largest absolute Gasteiger partial charge is 0.378 e. The molecule has 0 saturated carbocycles. The van der Waals surface area contributed by atoms with E-state index in [2.05, 4.69) is 10.1 Å². The molecule has 0 amide bonds. The van der Waals surface area contributed by atoms with Crippen molar-refractivity contribution in [2.45, 2.75) is 13.8 Å². The normalized spacial score (nSPS) is 10.6. The van der Waals surface area contributed by atoms with E-state index in [4.69, 9.17) is 17.3 Å². The molecule has 0 atom stereocenters. The van der Waals surface area contributed by atoms with Crippen LogP contribution in [0.3, 0.4) is 0 Å². The van der Waals surface area contributed by atoms with Crippen LogP contribution < -0.4 is 5.73 Å². The highest BCUT2D eigenvalue weighted by molar-refractivity contribution is 6.31. The second-order valence-corrected chi connectivity index (χ2v) is 4.11. The summed E-state index contributed by atoms with van der Waals surface area (Å²) in [4.78, 5) is 14.0. The molecule has 94 valence electrons. The smallest absolute Gasteiger partial charge is 0.311 e. The lowest BCUT2D eigenvalue weighted by Crippen LogP contribution is -2.06. The first-order chi connectivity index (χ1) is 8.41. The molecule has 0 aliphatic heterocycles. The molecular formula is C10H10ClN5O2. The maximum absolute atomic E-state index is 10.6. The molecule has 2 aromatic heterocycles. The maximum atomic E-state index is 10.6. The third-order valence-corrected chi connectivity index (χ3v) is 3.05. The Bertz CT molecular complexity index is 637. The summed E-state index contributed by atoms with van der Waals surface area (Å²) in [7, 11) is 0. The first-order valence-electron chi connectivity index (χ1n) is 5.05. The number of nitro groups is 1. The molecule has 0 radical (unpaired) electrons. The predicted molar refractivity (Wildman–Crippen MR) is 66.9 cm³/mol. The number of hydrogen-bond acceptors (Lipinski definition) is 5. The van der Waals surface area contributed by atoms with Crippen LogP contribution in [0.5, 0.6) is 0 Å². The van der Waals surface area contributed by atoms with Crippen molar-refractivity contribution < 1.29 is 4.92 Å². The van der Waals surface area contributed by atoms with Crippen LogP contribution in [0.4, 0.5) is 11.5 Å². The van der Waals surface area contributed by atoms with E-state index in [-0.39, 0.29) is 11.5 Å². The summed E-state index contributed by atoms with van der Waals surface area (Å²) in [6.45, 7) is 3.54. The lowest BCUT2D eigenvalue weighted by Gasteiger charge is -2.04. The lowest BCUT2D eigenvalue weighted by atomic mass is 10.3. The molecule has 0 aromatic carbocycles. The highest BCUT2D eigenvalue weighted by Gasteiger charge is 2.16. The second kappa shape index (κ2) is 4.26. The van der Waals surface area contributed by atoms with Crippen molar-refractivity contribution in [1.82, 2.24) is 14.8 Å². The number of anilines is 1. The molecule has 0 saturated heterocycles. The van der Waals surface area contributed by atoms with E-state index in [0.717, 1.165) is 0 Å². The molecule has 0 aliphatic rings. The van der Waals surface area contributed by atoms with Gasteiger partial charge in [0, 0.05) is 6.07 Å². The van der Waals surface area contributed by atoms with Crippen molar-refractivity contribution in [2.75, 3.05) is 5.73 Å². The van der Waals surface area contributed by atoms with Gasteiger partial charge in [-0.2, -0.15) is 5.10 Å². The number of nitrogens with zero attached hydrogens (tertiary/aromatic N) is 4. The van der Waals surface area contributed by atoms with Gasteiger partial charge in [0.15, 0.2) is 5.82 Å². The van der Waals surface area contributed by atoms with Gasteiger partial charge in [-0.1, -0.05) is 11.6 Å². The van der Waals surface area contributed by atoms with Crippen LogP contribution in [0.1, 0.15) is 11.4 Å². The molecule has 8 heteroatoms. The molecule has 0 bridgehead atoms. The predicted octanol–water partition coefficient (Wildman–Crippen LogP) is 2.03. The summed E-state index contributed by atoms with van der Waals surface area (Å²) in [5.41, 5.74) is 6.66. The van der Waals surface area contributed by atoms with Gasteiger partial charge in [0.1, 0.15) is 0 Å². The number of rotatable bonds is 2.